The first-order valence-corrected chi connectivity index (χ1v) is 8.45. The van der Waals surface area contributed by atoms with Gasteiger partial charge < -0.3 is 0 Å². The second-order valence-corrected chi connectivity index (χ2v) is 7.58. The topological polar surface area (TPSA) is 37.4 Å². The van der Waals surface area contributed by atoms with Crippen LogP contribution in [0, 0.1) is 0 Å². The van der Waals surface area contributed by atoms with E-state index in [0.29, 0.717) is 19.0 Å². The van der Waals surface area contributed by atoms with Gasteiger partial charge in [-0.05, 0) is 24.3 Å². The molecule has 0 aliphatic carbocycles. The van der Waals surface area contributed by atoms with E-state index in [1.807, 2.05) is 18.2 Å². The summed E-state index contributed by atoms with van der Waals surface area (Å²) in [5, 5.41) is 0. The lowest BCUT2D eigenvalue weighted by Gasteiger charge is -2.30. The van der Waals surface area contributed by atoms with Crippen molar-refractivity contribution in [2.24, 2.45) is 0 Å². The number of benzene rings is 1. The van der Waals surface area contributed by atoms with E-state index in [4.69, 9.17) is 0 Å². The largest absolute Gasteiger partial charge is 0.224 e. The maximum absolute atomic E-state index is 11.7. The molecule has 0 unspecified atom stereocenters. The second-order valence-electron chi connectivity index (χ2n) is 4.30. The lowest BCUT2D eigenvalue weighted by molar-refractivity contribution is 0.321. The van der Waals surface area contributed by atoms with Gasteiger partial charge >= 0.3 is 0 Å². The van der Waals surface area contributed by atoms with Crippen molar-refractivity contribution < 1.29 is 8.42 Å². The van der Waals surface area contributed by atoms with Crippen molar-refractivity contribution in [1.82, 2.24) is 4.31 Å². The lowest BCUT2D eigenvalue weighted by Crippen LogP contribution is -2.38. The zero-order valence-corrected chi connectivity index (χ0v) is 12.0. The van der Waals surface area contributed by atoms with Crippen LogP contribution >= 0.6 is 15.9 Å². The maximum atomic E-state index is 11.7. The minimum absolute atomic E-state index is 0.0238. The number of nitrogens with zero attached hydrogens (tertiary/aromatic N) is 1. The van der Waals surface area contributed by atoms with Gasteiger partial charge in [0, 0.05) is 13.1 Å². The third-order valence-electron chi connectivity index (χ3n) is 3.26. The minimum atomic E-state index is -3.08. The fraction of sp³-hybridized carbons (Fsp3) is 0.500. The molecular weight excluding hydrogens is 302 g/mol. The standard InChI is InChI=1S/C12H16BrNO2S/c13-10-17(15,16)14-8-6-12(7-9-14)11-4-2-1-3-5-11/h1-5,12H,6-10H2. The molecule has 1 heterocycles. The zero-order chi connectivity index (χ0) is 12.3. The van der Waals surface area contributed by atoms with Crippen LogP contribution in [0.25, 0.3) is 0 Å². The summed E-state index contributed by atoms with van der Waals surface area (Å²) in [4.78, 5) is 0. The zero-order valence-electron chi connectivity index (χ0n) is 9.55. The lowest BCUT2D eigenvalue weighted by atomic mass is 9.90. The van der Waals surface area contributed by atoms with Crippen molar-refractivity contribution in [2.75, 3.05) is 17.8 Å². The van der Waals surface area contributed by atoms with Crippen molar-refractivity contribution in [1.29, 1.82) is 0 Å². The molecule has 0 atom stereocenters. The van der Waals surface area contributed by atoms with E-state index in [2.05, 4.69) is 28.1 Å². The Morgan fingerprint density at radius 3 is 2.29 bits per heavy atom. The highest BCUT2D eigenvalue weighted by Crippen LogP contribution is 2.29. The van der Waals surface area contributed by atoms with Crippen LogP contribution in [0.15, 0.2) is 30.3 Å². The average Bonchev–Trinajstić information content (AvgIpc) is 2.40. The molecule has 0 aromatic heterocycles. The van der Waals surface area contributed by atoms with E-state index in [0.717, 1.165) is 12.8 Å². The predicted molar refractivity (Wildman–Crippen MR) is 72.7 cm³/mol. The Morgan fingerprint density at radius 1 is 1.18 bits per heavy atom. The molecule has 0 bridgehead atoms. The fourth-order valence-electron chi connectivity index (χ4n) is 2.26. The van der Waals surface area contributed by atoms with Crippen LogP contribution in [-0.4, -0.2) is 30.5 Å². The highest BCUT2D eigenvalue weighted by atomic mass is 79.9. The molecule has 17 heavy (non-hydrogen) atoms. The van der Waals surface area contributed by atoms with Crippen LogP contribution in [0.2, 0.25) is 0 Å². The summed E-state index contributed by atoms with van der Waals surface area (Å²) < 4.78 is 25.0. The number of alkyl halides is 1. The number of hydrogen-bond donors (Lipinski definition) is 0. The monoisotopic (exact) mass is 317 g/mol. The Bertz CT molecular complexity index is 453. The summed E-state index contributed by atoms with van der Waals surface area (Å²) in [5.74, 6) is 0.498. The van der Waals surface area contributed by atoms with Crippen LogP contribution < -0.4 is 0 Å². The molecule has 5 heteroatoms. The van der Waals surface area contributed by atoms with Crippen LogP contribution in [0.4, 0.5) is 0 Å². The predicted octanol–water partition coefficient (Wildman–Crippen LogP) is 2.55. The van der Waals surface area contributed by atoms with Crippen molar-refractivity contribution in [3.8, 4) is 0 Å². The smallest absolute Gasteiger partial charge is 0.211 e. The number of rotatable bonds is 3. The van der Waals surface area contributed by atoms with Gasteiger partial charge in [0.05, 0.1) is 0 Å². The van der Waals surface area contributed by atoms with E-state index >= 15 is 0 Å². The van der Waals surface area contributed by atoms with Crippen molar-refractivity contribution in [2.45, 2.75) is 18.8 Å². The quantitative estimate of drug-likeness (QED) is 0.803. The molecule has 0 saturated carbocycles. The molecule has 1 aromatic carbocycles. The average molecular weight is 318 g/mol. The summed E-state index contributed by atoms with van der Waals surface area (Å²) in [7, 11) is -3.08. The van der Waals surface area contributed by atoms with Gasteiger partial charge in [-0.2, -0.15) is 0 Å². The maximum Gasteiger partial charge on any atom is 0.224 e. The van der Waals surface area contributed by atoms with Crippen LogP contribution in [-0.2, 0) is 10.0 Å². The number of piperidine rings is 1. The summed E-state index contributed by atoms with van der Waals surface area (Å²) in [6, 6.07) is 10.3. The van der Waals surface area contributed by atoms with Gasteiger partial charge in [0.25, 0.3) is 0 Å². The Hall–Kier alpha value is -0.390. The fourth-order valence-corrected chi connectivity index (χ4v) is 4.04. The highest BCUT2D eigenvalue weighted by Gasteiger charge is 2.27. The molecule has 3 nitrogen and oxygen atoms in total. The molecule has 1 aromatic rings. The SMILES string of the molecule is O=S(=O)(CBr)N1CCC(c2ccccc2)CC1. The summed E-state index contributed by atoms with van der Waals surface area (Å²) in [6.45, 7) is 1.26. The second kappa shape index (κ2) is 5.50. The van der Waals surface area contributed by atoms with E-state index in [1.165, 1.54) is 5.56 Å². The van der Waals surface area contributed by atoms with Gasteiger partial charge in [0.2, 0.25) is 10.0 Å². The van der Waals surface area contributed by atoms with Crippen LogP contribution in [0.1, 0.15) is 24.3 Å². The first-order valence-electron chi connectivity index (χ1n) is 5.72. The number of sulfonamides is 1. The minimum Gasteiger partial charge on any atom is -0.211 e. The summed E-state index contributed by atoms with van der Waals surface area (Å²) >= 11 is 3.04. The highest BCUT2D eigenvalue weighted by molar-refractivity contribution is 9.10. The number of hydrogen-bond acceptors (Lipinski definition) is 2. The third-order valence-corrected chi connectivity index (χ3v) is 6.42. The van der Waals surface area contributed by atoms with E-state index < -0.39 is 10.0 Å². The van der Waals surface area contributed by atoms with Gasteiger partial charge in [-0.15, -0.1) is 0 Å². The molecule has 94 valence electrons. The first-order chi connectivity index (χ1) is 8.13. The molecule has 1 saturated heterocycles. The van der Waals surface area contributed by atoms with E-state index in [-0.39, 0.29) is 4.66 Å². The normalized spacial score (nSPS) is 19.4. The molecule has 1 fully saturated rings. The number of halogens is 1. The molecule has 1 aliphatic heterocycles. The molecule has 0 radical (unpaired) electrons. The Labute approximate surface area is 111 Å². The van der Waals surface area contributed by atoms with E-state index in [9.17, 15) is 8.42 Å². The van der Waals surface area contributed by atoms with E-state index in [1.54, 1.807) is 4.31 Å². The molecule has 1 aliphatic rings. The molecule has 0 amide bonds. The third kappa shape index (κ3) is 3.09. The molecular formula is C12H16BrNO2S. The first kappa shape index (κ1) is 13.1. The van der Waals surface area contributed by atoms with Crippen molar-refractivity contribution >= 4 is 26.0 Å². The van der Waals surface area contributed by atoms with Gasteiger partial charge in [-0.1, -0.05) is 46.3 Å². The van der Waals surface area contributed by atoms with Gasteiger partial charge in [0.1, 0.15) is 4.66 Å². The van der Waals surface area contributed by atoms with Gasteiger partial charge in [-0.3, -0.25) is 0 Å². The Balaban J connectivity index is 2.00. The molecule has 0 N–H and O–H groups in total. The van der Waals surface area contributed by atoms with Crippen molar-refractivity contribution in [3.63, 3.8) is 0 Å². The summed E-state index contributed by atoms with van der Waals surface area (Å²) in [5.41, 5.74) is 1.32. The van der Waals surface area contributed by atoms with Crippen LogP contribution in [0.3, 0.4) is 0 Å². The van der Waals surface area contributed by atoms with Gasteiger partial charge in [-0.25, -0.2) is 12.7 Å². The molecule has 2 rings (SSSR count). The molecule has 0 spiro atoms. The summed E-state index contributed by atoms with van der Waals surface area (Å²) in [6.07, 6.45) is 1.83. The Morgan fingerprint density at radius 2 is 1.76 bits per heavy atom. The van der Waals surface area contributed by atoms with Crippen LogP contribution in [0.5, 0.6) is 0 Å². The van der Waals surface area contributed by atoms with Crippen molar-refractivity contribution in [3.05, 3.63) is 35.9 Å². The Kier molecular flexibility index (Phi) is 4.22. The van der Waals surface area contributed by atoms with Gasteiger partial charge in [0.15, 0.2) is 0 Å².